The molecule has 0 atom stereocenters. The van der Waals surface area contributed by atoms with Crippen LogP contribution in [0.4, 0.5) is 5.82 Å². The van der Waals surface area contributed by atoms with Gasteiger partial charge in [-0.3, -0.25) is 9.58 Å². The molecule has 0 spiro atoms. The van der Waals surface area contributed by atoms with Crippen molar-refractivity contribution in [3.05, 3.63) is 29.8 Å². The lowest BCUT2D eigenvalue weighted by Crippen LogP contribution is -2.35. The zero-order valence-corrected chi connectivity index (χ0v) is 13.1. The first-order valence-corrected chi connectivity index (χ1v) is 7.44. The van der Waals surface area contributed by atoms with Crippen LogP contribution >= 0.6 is 0 Å². The molecule has 1 aromatic carbocycles. The highest BCUT2D eigenvalue weighted by atomic mass is 16.5. The van der Waals surface area contributed by atoms with Gasteiger partial charge in [-0.25, -0.2) is 0 Å². The average molecular weight is 302 g/mol. The molecule has 0 unspecified atom stereocenters. The summed E-state index contributed by atoms with van der Waals surface area (Å²) in [6.45, 7) is 4.33. The molecule has 1 aliphatic heterocycles. The van der Waals surface area contributed by atoms with E-state index in [4.69, 9.17) is 15.2 Å². The molecular weight excluding hydrogens is 280 g/mol. The molecule has 0 amide bonds. The van der Waals surface area contributed by atoms with E-state index in [0.29, 0.717) is 5.82 Å². The van der Waals surface area contributed by atoms with Gasteiger partial charge in [-0.2, -0.15) is 5.10 Å². The number of aryl methyl sites for hydroxylation is 1. The smallest absolute Gasteiger partial charge is 0.123 e. The highest BCUT2D eigenvalue weighted by Crippen LogP contribution is 2.28. The molecule has 6 nitrogen and oxygen atoms in total. The van der Waals surface area contributed by atoms with Gasteiger partial charge in [0.2, 0.25) is 0 Å². The van der Waals surface area contributed by atoms with Crippen LogP contribution in [0.5, 0.6) is 5.75 Å². The number of anilines is 1. The maximum Gasteiger partial charge on any atom is 0.123 e. The van der Waals surface area contributed by atoms with Gasteiger partial charge in [-0.05, 0) is 18.2 Å². The summed E-state index contributed by atoms with van der Waals surface area (Å²) in [5.74, 6) is 1.56. The summed E-state index contributed by atoms with van der Waals surface area (Å²) in [5.41, 5.74) is 8.97. The molecule has 0 saturated carbocycles. The molecular formula is C16H22N4O2. The van der Waals surface area contributed by atoms with Crippen LogP contribution in [0.15, 0.2) is 24.3 Å². The Kier molecular flexibility index (Phi) is 4.31. The molecule has 0 bridgehead atoms. The van der Waals surface area contributed by atoms with E-state index in [0.717, 1.165) is 55.4 Å². The molecule has 6 heteroatoms. The van der Waals surface area contributed by atoms with Crippen molar-refractivity contribution in [2.45, 2.75) is 6.54 Å². The molecule has 2 heterocycles. The van der Waals surface area contributed by atoms with Crippen molar-refractivity contribution < 1.29 is 9.47 Å². The van der Waals surface area contributed by atoms with Crippen LogP contribution in [0, 0.1) is 0 Å². The summed E-state index contributed by atoms with van der Waals surface area (Å²) in [5, 5.41) is 4.44. The normalized spacial score (nSPS) is 15.9. The first-order chi connectivity index (χ1) is 10.7. The van der Waals surface area contributed by atoms with Gasteiger partial charge in [0.05, 0.1) is 26.0 Å². The van der Waals surface area contributed by atoms with Crippen molar-refractivity contribution in [3.63, 3.8) is 0 Å². The van der Waals surface area contributed by atoms with Crippen molar-refractivity contribution in [1.82, 2.24) is 14.7 Å². The zero-order valence-electron chi connectivity index (χ0n) is 13.1. The Hall–Kier alpha value is -2.05. The maximum atomic E-state index is 5.88. The predicted octanol–water partition coefficient (Wildman–Crippen LogP) is 1.51. The summed E-state index contributed by atoms with van der Waals surface area (Å²) >= 11 is 0. The summed E-state index contributed by atoms with van der Waals surface area (Å²) < 4.78 is 12.6. The van der Waals surface area contributed by atoms with Gasteiger partial charge in [0.15, 0.2) is 0 Å². The number of methoxy groups -OCH3 is 1. The van der Waals surface area contributed by atoms with Gasteiger partial charge in [0.25, 0.3) is 0 Å². The molecule has 1 fully saturated rings. The SMILES string of the molecule is COc1ccc(-c2cc(N)n(C)n2)cc1CN1CCOCC1. The second-order valence-electron chi connectivity index (χ2n) is 5.49. The van der Waals surface area contributed by atoms with E-state index in [1.165, 1.54) is 0 Å². The monoisotopic (exact) mass is 302 g/mol. The van der Waals surface area contributed by atoms with Gasteiger partial charge < -0.3 is 15.2 Å². The number of hydrogen-bond donors (Lipinski definition) is 1. The van der Waals surface area contributed by atoms with Crippen LogP contribution in [0.1, 0.15) is 5.56 Å². The van der Waals surface area contributed by atoms with E-state index in [1.807, 2.05) is 25.2 Å². The molecule has 2 aromatic rings. The second-order valence-corrected chi connectivity index (χ2v) is 5.49. The molecule has 3 rings (SSSR count). The minimum atomic E-state index is 0.653. The number of nitrogens with two attached hydrogens (primary N) is 1. The Balaban J connectivity index is 1.88. The average Bonchev–Trinajstić information content (AvgIpc) is 2.88. The second kappa shape index (κ2) is 6.37. The first-order valence-electron chi connectivity index (χ1n) is 7.44. The summed E-state index contributed by atoms with van der Waals surface area (Å²) in [6, 6.07) is 8.04. The van der Waals surface area contributed by atoms with Gasteiger partial charge in [-0.15, -0.1) is 0 Å². The lowest BCUT2D eigenvalue weighted by Gasteiger charge is -2.27. The quantitative estimate of drug-likeness (QED) is 0.927. The van der Waals surface area contributed by atoms with Crippen LogP contribution in [-0.2, 0) is 18.3 Å². The van der Waals surface area contributed by atoms with Crippen LogP contribution in [0.25, 0.3) is 11.3 Å². The fourth-order valence-electron chi connectivity index (χ4n) is 2.68. The number of aromatic nitrogens is 2. The minimum Gasteiger partial charge on any atom is -0.496 e. The fraction of sp³-hybridized carbons (Fsp3) is 0.438. The minimum absolute atomic E-state index is 0.653. The van der Waals surface area contributed by atoms with Gasteiger partial charge in [0, 0.05) is 43.9 Å². The summed E-state index contributed by atoms with van der Waals surface area (Å²) in [7, 11) is 3.55. The summed E-state index contributed by atoms with van der Waals surface area (Å²) in [4.78, 5) is 2.37. The molecule has 22 heavy (non-hydrogen) atoms. The molecule has 1 aromatic heterocycles. The third-order valence-electron chi connectivity index (χ3n) is 3.99. The topological polar surface area (TPSA) is 65.5 Å². The highest BCUT2D eigenvalue weighted by molar-refractivity contribution is 5.64. The number of ether oxygens (including phenoxy) is 2. The molecule has 2 N–H and O–H groups in total. The standard InChI is InChI=1S/C16H22N4O2/c1-19-16(17)10-14(18-19)12-3-4-15(21-2)13(9-12)11-20-5-7-22-8-6-20/h3-4,9-10H,5-8,11,17H2,1-2H3. The molecule has 0 radical (unpaired) electrons. The van der Waals surface area contributed by atoms with E-state index in [-0.39, 0.29) is 0 Å². The Morgan fingerprint density at radius 1 is 1.27 bits per heavy atom. The Labute approximate surface area is 130 Å². The van der Waals surface area contributed by atoms with Crippen molar-refractivity contribution in [3.8, 4) is 17.0 Å². The largest absolute Gasteiger partial charge is 0.496 e. The Bertz CT molecular complexity index is 628. The molecule has 0 aliphatic carbocycles. The van der Waals surface area contributed by atoms with Crippen molar-refractivity contribution in [2.24, 2.45) is 7.05 Å². The van der Waals surface area contributed by atoms with Crippen LogP contribution in [0.3, 0.4) is 0 Å². The number of morpholine rings is 1. The Morgan fingerprint density at radius 2 is 2.05 bits per heavy atom. The molecule has 118 valence electrons. The maximum absolute atomic E-state index is 5.88. The number of nitrogen functional groups attached to an aromatic ring is 1. The Morgan fingerprint density at radius 3 is 2.68 bits per heavy atom. The fourth-order valence-corrected chi connectivity index (χ4v) is 2.68. The number of rotatable bonds is 4. The number of benzene rings is 1. The molecule has 1 saturated heterocycles. The van der Waals surface area contributed by atoms with Gasteiger partial charge in [-0.1, -0.05) is 0 Å². The van der Waals surface area contributed by atoms with E-state index in [1.54, 1.807) is 11.8 Å². The van der Waals surface area contributed by atoms with E-state index >= 15 is 0 Å². The number of nitrogens with zero attached hydrogens (tertiary/aromatic N) is 3. The lowest BCUT2D eigenvalue weighted by atomic mass is 10.1. The predicted molar refractivity (Wildman–Crippen MR) is 85.7 cm³/mol. The summed E-state index contributed by atoms with van der Waals surface area (Å²) in [6.07, 6.45) is 0. The lowest BCUT2D eigenvalue weighted by molar-refractivity contribution is 0.0339. The van der Waals surface area contributed by atoms with Gasteiger partial charge >= 0.3 is 0 Å². The molecule has 1 aliphatic rings. The van der Waals surface area contributed by atoms with Crippen molar-refractivity contribution in [1.29, 1.82) is 0 Å². The van der Waals surface area contributed by atoms with Crippen LogP contribution in [0.2, 0.25) is 0 Å². The number of hydrogen-bond acceptors (Lipinski definition) is 5. The van der Waals surface area contributed by atoms with Crippen LogP contribution < -0.4 is 10.5 Å². The van der Waals surface area contributed by atoms with Crippen molar-refractivity contribution in [2.75, 3.05) is 39.1 Å². The zero-order chi connectivity index (χ0) is 15.5. The van der Waals surface area contributed by atoms with E-state index in [2.05, 4.69) is 16.1 Å². The first kappa shape index (κ1) is 14.9. The highest BCUT2D eigenvalue weighted by Gasteiger charge is 2.15. The van der Waals surface area contributed by atoms with Crippen molar-refractivity contribution >= 4 is 5.82 Å². The third-order valence-corrected chi connectivity index (χ3v) is 3.99. The van der Waals surface area contributed by atoms with E-state index in [9.17, 15) is 0 Å². The van der Waals surface area contributed by atoms with E-state index < -0.39 is 0 Å². The third kappa shape index (κ3) is 3.08. The van der Waals surface area contributed by atoms with Crippen LogP contribution in [-0.4, -0.2) is 48.1 Å². The van der Waals surface area contributed by atoms with Gasteiger partial charge in [0.1, 0.15) is 11.6 Å².